The molecule has 0 aromatic carbocycles. The number of hydrogen-bond donors (Lipinski definition) is 1. The Hall–Kier alpha value is -0.380. The van der Waals surface area contributed by atoms with E-state index < -0.39 is 0 Å². The lowest BCUT2D eigenvalue weighted by atomic mass is 9.67. The molecule has 0 bridgehead atoms. The van der Waals surface area contributed by atoms with E-state index in [0.717, 1.165) is 19.0 Å². The van der Waals surface area contributed by atoms with Gasteiger partial charge in [-0.2, -0.15) is 11.3 Å². The summed E-state index contributed by atoms with van der Waals surface area (Å²) in [5.74, 6) is 1.45. The number of nitrogens with zero attached hydrogens (tertiary/aromatic N) is 1. The fourth-order valence-corrected chi connectivity index (χ4v) is 4.56. The molecule has 0 aliphatic heterocycles. The number of likely N-dealkylation sites (N-methyl/N-ethyl adjacent to an activating group) is 1. The van der Waals surface area contributed by atoms with Crippen LogP contribution in [0.3, 0.4) is 0 Å². The summed E-state index contributed by atoms with van der Waals surface area (Å²) in [5.41, 5.74) is 7.88. The number of thiophene rings is 1. The van der Waals surface area contributed by atoms with Crippen LogP contribution in [-0.2, 0) is 6.54 Å². The Morgan fingerprint density at radius 2 is 2.26 bits per heavy atom. The molecule has 1 aromatic heterocycles. The molecule has 2 atom stereocenters. The molecule has 19 heavy (non-hydrogen) atoms. The van der Waals surface area contributed by atoms with Crippen molar-refractivity contribution >= 4 is 11.3 Å². The van der Waals surface area contributed by atoms with Crippen LogP contribution in [0, 0.1) is 11.8 Å². The molecule has 0 spiro atoms. The van der Waals surface area contributed by atoms with Crippen LogP contribution in [0.4, 0.5) is 0 Å². The summed E-state index contributed by atoms with van der Waals surface area (Å²) >= 11 is 1.78. The molecule has 3 heteroatoms. The van der Waals surface area contributed by atoms with Crippen molar-refractivity contribution in [3.8, 4) is 0 Å². The number of nitrogens with two attached hydrogens (primary N) is 1. The molecule has 0 saturated heterocycles. The molecule has 2 rings (SSSR count). The summed E-state index contributed by atoms with van der Waals surface area (Å²) in [5, 5.41) is 4.42. The Kier molecular flexibility index (Phi) is 5.04. The maximum Gasteiger partial charge on any atom is 0.0362 e. The summed E-state index contributed by atoms with van der Waals surface area (Å²) in [6.45, 7) is 6.54. The predicted molar refractivity (Wildman–Crippen MR) is 84.4 cm³/mol. The second kappa shape index (κ2) is 6.38. The van der Waals surface area contributed by atoms with Crippen molar-refractivity contribution in [2.24, 2.45) is 17.6 Å². The van der Waals surface area contributed by atoms with Crippen LogP contribution in [0.2, 0.25) is 0 Å². The largest absolute Gasteiger partial charge is 0.329 e. The minimum Gasteiger partial charge on any atom is -0.329 e. The number of hydrogen-bond acceptors (Lipinski definition) is 3. The zero-order chi connectivity index (χ0) is 13.9. The molecule has 1 aliphatic carbocycles. The van der Waals surface area contributed by atoms with Gasteiger partial charge in [0.1, 0.15) is 0 Å². The Bertz CT molecular complexity index is 374. The normalized spacial score (nSPS) is 28.2. The molecule has 1 aromatic rings. The average Bonchev–Trinajstić information content (AvgIpc) is 2.91. The van der Waals surface area contributed by atoms with E-state index >= 15 is 0 Å². The van der Waals surface area contributed by atoms with Gasteiger partial charge in [0, 0.05) is 18.6 Å². The molecular formula is C16H28N2S. The Morgan fingerprint density at radius 3 is 2.84 bits per heavy atom. The van der Waals surface area contributed by atoms with Crippen molar-refractivity contribution in [2.45, 2.75) is 51.6 Å². The molecule has 1 fully saturated rings. The fraction of sp³-hybridized carbons (Fsp3) is 0.750. The highest BCUT2D eigenvalue weighted by molar-refractivity contribution is 7.07. The molecule has 1 heterocycles. The maximum atomic E-state index is 6.26. The van der Waals surface area contributed by atoms with Gasteiger partial charge in [0.15, 0.2) is 0 Å². The van der Waals surface area contributed by atoms with Crippen LogP contribution in [0.5, 0.6) is 0 Å². The predicted octanol–water partition coefficient (Wildman–Crippen LogP) is 3.72. The Balaban J connectivity index is 2.18. The van der Waals surface area contributed by atoms with Crippen molar-refractivity contribution in [3.05, 3.63) is 22.4 Å². The van der Waals surface area contributed by atoms with Gasteiger partial charge in [-0.15, -0.1) is 0 Å². The second-order valence-electron chi connectivity index (χ2n) is 6.39. The molecule has 0 amide bonds. The molecule has 0 radical (unpaired) electrons. The van der Waals surface area contributed by atoms with Crippen molar-refractivity contribution in [1.82, 2.24) is 4.90 Å². The van der Waals surface area contributed by atoms with E-state index in [9.17, 15) is 0 Å². The second-order valence-corrected chi connectivity index (χ2v) is 7.17. The van der Waals surface area contributed by atoms with Gasteiger partial charge < -0.3 is 5.73 Å². The smallest absolute Gasteiger partial charge is 0.0362 e. The van der Waals surface area contributed by atoms with Gasteiger partial charge in [0.05, 0.1) is 0 Å². The third-order valence-corrected chi connectivity index (χ3v) is 5.72. The standard InChI is InChI=1S/C16H28N2S/c1-13(2)15-6-4-5-8-16(15,12-17)18(3)10-14-7-9-19-11-14/h7,9,11,13,15H,4-6,8,10,12,17H2,1-3H3. The third kappa shape index (κ3) is 3.04. The summed E-state index contributed by atoms with van der Waals surface area (Å²) in [7, 11) is 2.27. The van der Waals surface area contributed by atoms with Gasteiger partial charge in [-0.1, -0.05) is 26.7 Å². The Morgan fingerprint density at radius 1 is 1.47 bits per heavy atom. The summed E-state index contributed by atoms with van der Waals surface area (Å²) in [4.78, 5) is 2.54. The van der Waals surface area contributed by atoms with Gasteiger partial charge in [-0.05, 0) is 54.1 Å². The molecule has 2 N–H and O–H groups in total. The summed E-state index contributed by atoms with van der Waals surface area (Å²) in [6.07, 6.45) is 5.29. The van der Waals surface area contributed by atoms with E-state index in [1.165, 1.54) is 31.2 Å². The van der Waals surface area contributed by atoms with Crippen LogP contribution >= 0.6 is 11.3 Å². The number of rotatable bonds is 5. The van der Waals surface area contributed by atoms with E-state index in [1.54, 1.807) is 11.3 Å². The van der Waals surface area contributed by atoms with E-state index in [1.807, 2.05) is 0 Å². The quantitative estimate of drug-likeness (QED) is 0.890. The minimum absolute atomic E-state index is 0.203. The highest BCUT2D eigenvalue weighted by Gasteiger charge is 2.43. The lowest BCUT2D eigenvalue weighted by molar-refractivity contribution is -0.00177. The zero-order valence-corrected chi connectivity index (χ0v) is 13.4. The molecule has 108 valence electrons. The van der Waals surface area contributed by atoms with Crippen LogP contribution < -0.4 is 5.73 Å². The van der Waals surface area contributed by atoms with Gasteiger partial charge in [-0.3, -0.25) is 4.90 Å². The maximum absolute atomic E-state index is 6.26. The zero-order valence-electron chi connectivity index (χ0n) is 12.6. The monoisotopic (exact) mass is 280 g/mol. The summed E-state index contributed by atoms with van der Waals surface area (Å²) in [6, 6.07) is 2.23. The third-order valence-electron chi connectivity index (χ3n) is 4.98. The van der Waals surface area contributed by atoms with E-state index in [0.29, 0.717) is 5.92 Å². The minimum atomic E-state index is 0.203. The fourth-order valence-electron chi connectivity index (χ4n) is 3.90. The lowest BCUT2D eigenvalue weighted by Gasteiger charge is -2.51. The Labute approximate surface area is 122 Å². The SMILES string of the molecule is CC(C)C1CCCCC1(CN)N(C)Cc1ccsc1. The van der Waals surface area contributed by atoms with Crippen LogP contribution in [0.15, 0.2) is 16.8 Å². The van der Waals surface area contributed by atoms with Gasteiger partial charge in [0.2, 0.25) is 0 Å². The average molecular weight is 280 g/mol. The first-order valence-corrected chi connectivity index (χ1v) is 8.47. The summed E-state index contributed by atoms with van der Waals surface area (Å²) < 4.78 is 0. The van der Waals surface area contributed by atoms with Crippen molar-refractivity contribution in [3.63, 3.8) is 0 Å². The highest BCUT2D eigenvalue weighted by Crippen LogP contribution is 2.42. The molecule has 1 saturated carbocycles. The molecular weight excluding hydrogens is 252 g/mol. The topological polar surface area (TPSA) is 29.3 Å². The van der Waals surface area contributed by atoms with Crippen LogP contribution in [0.1, 0.15) is 45.1 Å². The van der Waals surface area contributed by atoms with E-state index in [-0.39, 0.29) is 5.54 Å². The molecule has 1 aliphatic rings. The van der Waals surface area contributed by atoms with Gasteiger partial charge in [-0.25, -0.2) is 0 Å². The first-order valence-electron chi connectivity index (χ1n) is 7.52. The highest BCUT2D eigenvalue weighted by atomic mass is 32.1. The van der Waals surface area contributed by atoms with Gasteiger partial charge in [0.25, 0.3) is 0 Å². The van der Waals surface area contributed by atoms with E-state index in [4.69, 9.17) is 5.73 Å². The van der Waals surface area contributed by atoms with Gasteiger partial charge >= 0.3 is 0 Å². The van der Waals surface area contributed by atoms with Crippen molar-refractivity contribution in [2.75, 3.05) is 13.6 Å². The van der Waals surface area contributed by atoms with Crippen LogP contribution in [0.25, 0.3) is 0 Å². The first kappa shape index (κ1) is 15.0. The van der Waals surface area contributed by atoms with Crippen molar-refractivity contribution in [1.29, 1.82) is 0 Å². The lowest BCUT2D eigenvalue weighted by Crippen LogP contribution is -2.59. The molecule has 2 nitrogen and oxygen atoms in total. The van der Waals surface area contributed by atoms with Crippen molar-refractivity contribution < 1.29 is 0 Å². The van der Waals surface area contributed by atoms with E-state index in [2.05, 4.69) is 42.6 Å². The molecule has 2 unspecified atom stereocenters. The first-order chi connectivity index (χ1) is 9.10. The van der Waals surface area contributed by atoms with Crippen LogP contribution in [-0.4, -0.2) is 24.0 Å².